The van der Waals surface area contributed by atoms with Crippen molar-refractivity contribution in [2.45, 2.75) is 32.7 Å². The van der Waals surface area contributed by atoms with Crippen molar-refractivity contribution in [3.63, 3.8) is 0 Å². The fourth-order valence-electron chi connectivity index (χ4n) is 3.64. The van der Waals surface area contributed by atoms with E-state index >= 15 is 0 Å². The predicted molar refractivity (Wildman–Crippen MR) is 130 cm³/mol. The molecule has 0 saturated carbocycles. The van der Waals surface area contributed by atoms with Gasteiger partial charge in [-0.3, -0.25) is 4.79 Å². The van der Waals surface area contributed by atoms with Crippen LogP contribution < -0.4 is 10.6 Å². The third-order valence-electron chi connectivity index (χ3n) is 5.21. The topological polar surface area (TPSA) is 46.1 Å². The number of nitrogens with zero attached hydrogens (tertiary/aromatic N) is 1. The molecule has 1 amide bonds. The summed E-state index contributed by atoms with van der Waals surface area (Å²) in [5, 5.41) is 6.39. The molecule has 2 heterocycles. The molecule has 1 unspecified atom stereocenters. The number of carbonyl (C=O) groups excluding carboxylic acids is 1. The molecule has 154 valence electrons. The summed E-state index contributed by atoms with van der Waals surface area (Å²) in [4.78, 5) is 13.3. The van der Waals surface area contributed by atoms with E-state index in [-0.39, 0.29) is 11.4 Å². The van der Waals surface area contributed by atoms with Gasteiger partial charge in [0.15, 0.2) is 5.50 Å². The number of aryl methyl sites for hydroxylation is 2. The third-order valence-corrected chi connectivity index (χ3v) is 6.74. The van der Waals surface area contributed by atoms with E-state index in [9.17, 15) is 4.79 Å². The average Bonchev–Trinajstić information content (AvgIpc) is 3.20. The molecule has 1 fully saturated rings. The lowest BCUT2D eigenvalue weighted by Crippen LogP contribution is -2.30. The van der Waals surface area contributed by atoms with Crippen molar-refractivity contribution in [1.29, 1.82) is 0 Å². The molecule has 1 aliphatic heterocycles. The van der Waals surface area contributed by atoms with E-state index < -0.39 is 0 Å². The highest BCUT2D eigenvalue weighted by molar-refractivity contribution is 9.10. The number of anilines is 1. The number of benzene rings is 2. The lowest BCUT2D eigenvalue weighted by atomic mass is 10.1. The van der Waals surface area contributed by atoms with Crippen LogP contribution in [0.25, 0.3) is 11.8 Å². The molecular formula is C24H24BrN3OS. The average molecular weight is 482 g/mol. The van der Waals surface area contributed by atoms with E-state index in [1.807, 2.05) is 18.2 Å². The fraction of sp³-hybridized carbons (Fsp3) is 0.208. The van der Waals surface area contributed by atoms with E-state index in [2.05, 4.69) is 94.4 Å². The molecular weight excluding hydrogens is 458 g/mol. The minimum Gasteiger partial charge on any atom is -0.357 e. The van der Waals surface area contributed by atoms with Gasteiger partial charge >= 0.3 is 0 Å². The molecule has 0 spiro atoms. The SMILES string of the molecule is CCc1ccc(NC2NC(=O)C(=Cc3cc(C)n(-c4cccc(Br)c4)c3C)S2)cc1. The van der Waals surface area contributed by atoms with Crippen LogP contribution in [0.15, 0.2) is 64.0 Å². The molecule has 2 N–H and O–H groups in total. The summed E-state index contributed by atoms with van der Waals surface area (Å²) < 4.78 is 3.25. The quantitative estimate of drug-likeness (QED) is 0.438. The van der Waals surface area contributed by atoms with Gasteiger partial charge in [-0.2, -0.15) is 0 Å². The highest BCUT2D eigenvalue weighted by atomic mass is 79.9. The molecule has 0 bridgehead atoms. The smallest absolute Gasteiger partial charge is 0.260 e. The molecule has 0 radical (unpaired) electrons. The van der Waals surface area contributed by atoms with Crippen LogP contribution in [-0.4, -0.2) is 16.0 Å². The first-order valence-electron chi connectivity index (χ1n) is 9.94. The Bertz CT molecular complexity index is 1120. The maximum Gasteiger partial charge on any atom is 0.260 e. The van der Waals surface area contributed by atoms with Gasteiger partial charge in [0.05, 0.1) is 4.91 Å². The minimum absolute atomic E-state index is 0.0464. The van der Waals surface area contributed by atoms with Crippen LogP contribution in [0, 0.1) is 13.8 Å². The molecule has 1 aromatic heterocycles. The number of amides is 1. The molecule has 3 aromatic rings. The van der Waals surface area contributed by atoms with Gasteiger partial charge in [-0.25, -0.2) is 0 Å². The summed E-state index contributed by atoms with van der Waals surface area (Å²) in [5.74, 6) is -0.0464. The monoisotopic (exact) mass is 481 g/mol. The minimum atomic E-state index is -0.176. The maximum atomic E-state index is 12.5. The van der Waals surface area contributed by atoms with Gasteiger partial charge in [0.1, 0.15) is 0 Å². The highest BCUT2D eigenvalue weighted by Gasteiger charge is 2.27. The molecule has 30 heavy (non-hydrogen) atoms. The summed E-state index contributed by atoms with van der Waals surface area (Å²) in [6.45, 7) is 6.31. The van der Waals surface area contributed by atoms with Crippen LogP contribution >= 0.6 is 27.7 Å². The van der Waals surface area contributed by atoms with Crippen LogP contribution in [-0.2, 0) is 11.2 Å². The Morgan fingerprint density at radius 3 is 2.63 bits per heavy atom. The zero-order valence-corrected chi connectivity index (χ0v) is 19.6. The largest absolute Gasteiger partial charge is 0.357 e. The second kappa shape index (κ2) is 8.74. The number of nitrogens with one attached hydrogen (secondary N) is 2. The molecule has 4 rings (SSSR count). The molecule has 1 saturated heterocycles. The van der Waals surface area contributed by atoms with Gasteiger partial charge in [-0.05, 0) is 73.9 Å². The van der Waals surface area contributed by atoms with Crippen LogP contribution in [0.5, 0.6) is 0 Å². The zero-order valence-electron chi connectivity index (χ0n) is 17.2. The van der Waals surface area contributed by atoms with E-state index in [1.165, 1.54) is 17.3 Å². The Morgan fingerprint density at radius 1 is 1.17 bits per heavy atom. The van der Waals surface area contributed by atoms with Gasteiger partial charge in [-0.15, -0.1) is 0 Å². The van der Waals surface area contributed by atoms with Gasteiger partial charge in [0.2, 0.25) is 0 Å². The zero-order chi connectivity index (χ0) is 21.3. The molecule has 6 heteroatoms. The van der Waals surface area contributed by atoms with Crippen LogP contribution in [0.3, 0.4) is 0 Å². The summed E-state index contributed by atoms with van der Waals surface area (Å²) in [7, 11) is 0. The van der Waals surface area contributed by atoms with Gasteiger partial charge in [0, 0.05) is 27.2 Å². The van der Waals surface area contributed by atoms with Crippen molar-refractivity contribution in [2.75, 3.05) is 5.32 Å². The van der Waals surface area contributed by atoms with Gasteiger partial charge < -0.3 is 15.2 Å². The molecule has 0 aliphatic carbocycles. The summed E-state index contributed by atoms with van der Waals surface area (Å²) in [6, 6.07) is 18.7. The van der Waals surface area contributed by atoms with Crippen molar-refractivity contribution >= 4 is 45.4 Å². The third kappa shape index (κ3) is 4.35. The Morgan fingerprint density at radius 2 is 1.93 bits per heavy atom. The Labute approximate surface area is 189 Å². The molecule has 1 atom stereocenters. The van der Waals surface area contributed by atoms with Crippen LogP contribution in [0.1, 0.15) is 29.4 Å². The highest BCUT2D eigenvalue weighted by Crippen LogP contribution is 2.32. The summed E-state index contributed by atoms with van der Waals surface area (Å²) in [5.41, 5.74) is 6.51. The van der Waals surface area contributed by atoms with Crippen molar-refractivity contribution < 1.29 is 4.79 Å². The van der Waals surface area contributed by atoms with Crippen LogP contribution in [0.2, 0.25) is 0 Å². The number of rotatable bonds is 5. The van der Waals surface area contributed by atoms with E-state index in [1.54, 1.807) is 0 Å². The first-order valence-corrected chi connectivity index (χ1v) is 11.6. The summed E-state index contributed by atoms with van der Waals surface area (Å²) >= 11 is 5.06. The number of thioether (sulfide) groups is 1. The van der Waals surface area contributed by atoms with E-state index in [0.29, 0.717) is 4.91 Å². The fourth-order valence-corrected chi connectivity index (χ4v) is 5.00. The van der Waals surface area contributed by atoms with Crippen LogP contribution in [0.4, 0.5) is 5.69 Å². The maximum absolute atomic E-state index is 12.5. The number of halogens is 1. The molecule has 4 nitrogen and oxygen atoms in total. The number of aromatic nitrogens is 1. The van der Waals surface area contributed by atoms with Crippen molar-refractivity contribution in [3.05, 3.63) is 86.5 Å². The number of hydrogen-bond acceptors (Lipinski definition) is 3. The molecule has 2 aromatic carbocycles. The second-order valence-corrected chi connectivity index (χ2v) is 9.38. The van der Waals surface area contributed by atoms with E-state index in [0.717, 1.165) is 39.2 Å². The second-order valence-electron chi connectivity index (χ2n) is 7.32. The van der Waals surface area contributed by atoms with E-state index in [4.69, 9.17) is 0 Å². The Balaban J connectivity index is 1.55. The summed E-state index contributed by atoms with van der Waals surface area (Å²) in [6.07, 6.45) is 3.00. The lowest BCUT2D eigenvalue weighted by Gasteiger charge is -2.12. The van der Waals surface area contributed by atoms with Crippen molar-refractivity contribution in [3.8, 4) is 5.69 Å². The van der Waals surface area contributed by atoms with Crippen molar-refractivity contribution in [2.24, 2.45) is 0 Å². The Kier molecular flexibility index (Phi) is 6.06. The lowest BCUT2D eigenvalue weighted by molar-refractivity contribution is -0.116. The first kappa shape index (κ1) is 20.8. The normalized spacial score (nSPS) is 17.4. The van der Waals surface area contributed by atoms with Gasteiger partial charge in [-0.1, -0.05) is 52.8 Å². The van der Waals surface area contributed by atoms with Gasteiger partial charge in [0.25, 0.3) is 5.91 Å². The Hall–Kier alpha value is -2.44. The predicted octanol–water partition coefficient (Wildman–Crippen LogP) is 6.02. The van der Waals surface area contributed by atoms with Crippen molar-refractivity contribution in [1.82, 2.24) is 9.88 Å². The standard InChI is InChI=1S/C24H24BrN3OS/c1-4-17-8-10-20(11-9-17)26-24-27-23(29)22(30-24)13-18-12-15(2)28(16(18)3)21-7-5-6-19(25)14-21/h5-14,24,26H,4H2,1-3H3,(H,27,29). The first-order chi connectivity index (χ1) is 14.4. The molecule has 1 aliphatic rings. The number of hydrogen-bond donors (Lipinski definition) is 2. The number of carbonyl (C=O) groups is 1.